The smallest absolute Gasteiger partial charge is 0.257 e. The van der Waals surface area contributed by atoms with Crippen LogP contribution >= 0.6 is 15.9 Å². The van der Waals surface area contributed by atoms with Gasteiger partial charge in [-0.2, -0.15) is 0 Å². The molecule has 1 aromatic rings. The maximum atomic E-state index is 11.7. The van der Waals surface area contributed by atoms with Crippen LogP contribution in [0.15, 0.2) is 29.7 Å². The standard InChI is InChI=1S/C10H10BrNO2S/c1-12-10-5-3-2-4-9(10)8(6-11)7-15(12,13)14/h2-5,7H,6H2,1H3. The van der Waals surface area contributed by atoms with Crippen molar-refractivity contribution in [1.82, 2.24) is 0 Å². The molecule has 0 aliphatic carbocycles. The third-order valence-corrected chi connectivity index (χ3v) is 4.55. The van der Waals surface area contributed by atoms with Crippen LogP contribution in [-0.4, -0.2) is 20.8 Å². The van der Waals surface area contributed by atoms with Crippen LogP contribution < -0.4 is 4.31 Å². The van der Waals surface area contributed by atoms with E-state index in [0.29, 0.717) is 5.33 Å². The third-order valence-electron chi connectivity index (χ3n) is 2.41. The first-order valence-corrected chi connectivity index (χ1v) is 7.03. The van der Waals surface area contributed by atoms with Crippen molar-refractivity contribution in [2.24, 2.45) is 0 Å². The molecule has 15 heavy (non-hydrogen) atoms. The molecule has 1 aliphatic rings. The minimum atomic E-state index is -3.29. The van der Waals surface area contributed by atoms with E-state index in [9.17, 15) is 8.42 Å². The maximum absolute atomic E-state index is 11.7. The zero-order chi connectivity index (χ0) is 11.1. The molecule has 0 saturated heterocycles. The molecule has 0 amide bonds. The summed E-state index contributed by atoms with van der Waals surface area (Å²) in [4.78, 5) is 0. The SMILES string of the molecule is CN1c2ccccc2C(CBr)=CS1(=O)=O. The number of hydrogen-bond donors (Lipinski definition) is 0. The first-order valence-electron chi connectivity index (χ1n) is 4.41. The third kappa shape index (κ3) is 1.70. The van der Waals surface area contributed by atoms with Gasteiger partial charge in [-0.15, -0.1) is 0 Å². The molecule has 3 nitrogen and oxygen atoms in total. The Morgan fingerprint density at radius 2 is 2.00 bits per heavy atom. The van der Waals surface area contributed by atoms with Gasteiger partial charge in [0.1, 0.15) is 0 Å². The maximum Gasteiger partial charge on any atom is 0.257 e. The molecule has 0 atom stereocenters. The zero-order valence-corrected chi connectivity index (χ0v) is 10.5. The molecular formula is C10H10BrNO2S. The van der Waals surface area contributed by atoms with Crippen molar-refractivity contribution in [3.63, 3.8) is 0 Å². The molecule has 2 rings (SSSR count). The van der Waals surface area contributed by atoms with Crippen molar-refractivity contribution in [3.8, 4) is 0 Å². The Balaban J connectivity index is 2.72. The van der Waals surface area contributed by atoms with Gasteiger partial charge < -0.3 is 0 Å². The predicted octanol–water partition coefficient (Wildman–Crippen LogP) is 2.20. The number of halogens is 1. The molecule has 80 valence electrons. The Hall–Kier alpha value is -0.810. The highest BCUT2D eigenvalue weighted by Crippen LogP contribution is 2.34. The molecule has 0 spiro atoms. The average molecular weight is 288 g/mol. The van der Waals surface area contributed by atoms with Gasteiger partial charge in [0.05, 0.1) is 11.1 Å². The highest BCUT2D eigenvalue weighted by Gasteiger charge is 2.25. The van der Waals surface area contributed by atoms with Crippen LogP contribution in [0.1, 0.15) is 5.56 Å². The lowest BCUT2D eigenvalue weighted by Gasteiger charge is -2.26. The molecule has 1 aromatic carbocycles. The summed E-state index contributed by atoms with van der Waals surface area (Å²) in [5, 5.41) is 1.85. The number of hydrogen-bond acceptors (Lipinski definition) is 2. The summed E-state index contributed by atoms with van der Waals surface area (Å²) in [6.45, 7) is 0. The van der Waals surface area contributed by atoms with Crippen molar-refractivity contribution >= 4 is 37.2 Å². The predicted molar refractivity (Wildman–Crippen MR) is 65.5 cm³/mol. The van der Waals surface area contributed by atoms with Gasteiger partial charge in [-0.25, -0.2) is 8.42 Å². The minimum Gasteiger partial charge on any atom is -0.269 e. The summed E-state index contributed by atoms with van der Waals surface area (Å²) in [5.41, 5.74) is 2.49. The van der Waals surface area contributed by atoms with Gasteiger partial charge in [-0.05, 0) is 11.6 Å². The van der Waals surface area contributed by atoms with E-state index in [-0.39, 0.29) is 0 Å². The van der Waals surface area contributed by atoms with E-state index < -0.39 is 10.0 Å². The largest absolute Gasteiger partial charge is 0.269 e. The second-order valence-corrected chi connectivity index (χ2v) is 5.68. The Morgan fingerprint density at radius 1 is 1.33 bits per heavy atom. The highest BCUT2D eigenvalue weighted by molar-refractivity contribution is 9.09. The number of fused-ring (bicyclic) bond motifs is 1. The summed E-state index contributed by atoms with van der Waals surface area (Å²) >= 11 is 3.30. The molecule has 5 heteroatoms. The molecule has 0 saturated carbocycles. The highest BCUT2D eigenvalue weighted by atomic mass is 79.9. The van der Waals surface area contributed by atoms with Crippen molar-refractivity contribution in [3.05, 3.63) is 35.2 Å². The lowest BCUT2D eigenvalue weighted by atomic mass is 10.1. The second kappa shape index (κ2) is 3.64. The van der Waals surface area contributed by atoms with Crippen molar-refractivity contribution in [1.29, 1.82) is 0 Å². The van der Waals surface area contributed by atoms with E-state index in [2.05, 4.69) is 15.9 Å². The summed E-state index contributed by atoms with van der Waals surface area (Å²) in [6.07, 6.45) is 0. The molecule has 0 N–H and O–H groups in total. The Labute approximate surface area is 97.6 Å². The number of benzene rings is 1. The monoisotopic (exact) mass is 287 g/mol. The van der Waals surface area contributed by atoms with Crippen molar-refractivity contribution < 1.29 is 8.42 Å². The summed E-state index contributed by atoms with van der Waals surface area (Å²) in [6, 6.07) is 7.47. The normalized spacial score (nSPS) is 18.3. The number of para-hydroxylation sites is 1. The topological polar surface area (TPSA) is 37.4 Å². The van der Waals surface area contributed by atoms with Gasteiger partial charge in [-0.1, -0.05) is 34.1 Å². The van der Waals surface area contributed by atoms with Crippen molar-refractivity contribution in [2.45, 2.75) is 0 Å². The number of allylic oxidation sites excluding steroid dienone is 1. The number of sulfonamides is 1. The lowest BCUT2D eigenvalue weighted by molar-refractivity contribution is 0.602. The van der Waals surface area contributed by atoms with Crippen LogP contribution in [0.2, 0.25) is 0 Å². The number of nitrogens with zero attached hydrogens (tertiary/aromatic N) is 1. The van der Waals surface area contributed by atoms with Crippen LogP contribution in [0, 0.1) is 0 Å². The van der Waals surface area contributed by atoms with Gasteiger partial charge >= 0.3 is 0 Å². The first kappa shape index (κ1) is 10.7. The molecule has 0 unspecified atom stereocenters. The fraction of sp³-hybridized carbons (Fsp3) is 0.200. The van der Waals surface area contributed by atoms with Crippen molar-refractivity contribution in [2.75, 3.05) is 16.7 Å². The fourth-order valence-electron chi connectivity index (χ4n) is 1.58. The summed E-state index contributed by atoms with van der Waals surface area (Å²) in [5.74, 6) is 0. The van der Waals surface area contributed by atoms with Crippen LogP contribution in [0.5, 0.6) is 0 Å². The molecule has 1 aliphatic heterocycles. The van der Waals surface area contributed by atoms with Gasteiger partial charge in [0.2, 0.25) is 0 Å². The van der Waals surface area contributed by atoms with Crippen LogP contribution in [-0.2, 0) is 10.0 Å². The van der Waals surface area contributed by atoms with E-state index in [4.69, 9.17) is 0 Å². The van der Waals surface area contributed by atoms with E-state index in [0.717, 1.165) is 16.8 Å². The number of rotatable bonds is 1. The van der Waals surface area contributed by atoms with Gasteiger partial charge in [0.15, 0.2) is 0 Å². The summed E-state index contributed by atoms with van der Waals surface area (Å²) < 4.78 is 24.8. The Kier molecular flexibility index (Phi) is 2.60. The van der Waals surface area contributed by atoms with E-state index in [1.54, 1.807) is 7.05 Å². The average Bonchev–Trinajstić information content (AvgIpc) is 2.24. The van der Waals surface area contributed by atoms with Gasteiger partial charge in [0, 0.05) is 17.9 Å². The van der Waals surface area contributed by atoms with E-state index in [1.165, 1.54) is 9.71 Å². The molecular weight excluding hydrogens is 278 g/mol. The van der Waals surface area contributed by atoms with Crippen LogP contribution in [0.4, 0.5) is 5.69 Å². The Morgan fingerprint density at radius 3 is 2.67 bits per heavy atom. The first-order chi connectivity index (χ1) is 7.06. The van der Waals surface area contributed by atoms with Crippen LogP contribution in [0.3, 0.4) is 0 Å². The molecule has 0 bridgehead atoms. The molecule has 0 radical (unpaired) electrons. The number of anilines is 1. The summed E-state index contributed by atoms with van der Waals surface area (Å²) in [7, 11) is -1.73. The van der Waals surface area contributed by atoms with Gasteiger partial charge in [0.25, 0.3) is 10.0 Å². The van der Waals surface area contributed by atoms with Crippen LogP contribution in [0.25, 0.3) is 5.57 Å². The van der Waals surface area contributed by atoms with E-state index in [1.807, 2.05) is 24.3 Å². The molecule has 1 heterocycles. The number of alkyl halides is 1. The fourth-order valence-corrected chi connectivity index (χ4v) is 3.42. The second-order valence-electron chi connectivity index (χ2n) is 3.31. The quantitative estimate of drug-likeness (QED) is 0.743. The molecule has 0 aromatic heterocycles. The zero-order valence-electron chi connectivity index (χ0n) is 8.14. The lowest BCUT2D eigenvalue weighted by Crippen LogP contribution is -2.28. The van der Waals surface area contributed by atoms with Gasteiger partial charge in [-0.3, -0.25) is 4.31 Å². The molecule has 0 fully saturated rings. The minimum absolute atomic E-state index is 0.539. The Bertz CT molecular complexity index is 522. The van der Waals surface area contributed by atoms with E-state index >= 15 is 0 Å².